The Morgan fingerprint density at radius 1 is 1.12 bits per heavy atom. The monoisotopic (exact) mass is 362 g/mol. The van der Waals surface area contributed by atoms with Gasteiger partial charge < -0.3 is 5.32 Å². The molecule has 0 fully saturated rings. The lowest BCUT2D eigenvalue weighted by Crippen LogP contribution is -2.09. The molecule has 2 heterocycles. The average Bonchev–Trinajstić information content (AvgIpc) is 2.94. The van der Waals surface area contributed by atoms with E-state index in [1.165, 1.54) is 12.1 Å². The Bertz CT molecular complexity index is 938. The molecular formula is C17H13Cl2FN4. The largest absolute Gasteiger partial charge is 0.383 e. The maximum Gasteiger partial charge on any atom is 0.171 e. The molecular weight excluding hydrogens is 350 g/mol. The van der Waals surface area contributed by atoms with Gasteiger partial charge in [0.25, 0.3) is 0 Å². The molecule has 7 heteroatoms. The lowest BCUT2D eigenvalue weighted by Gasteiger charge is -2.13. The molecule has 0 radical (unpaired) electrons. The van der Waals surface area contributed by atoms with E-state index < -0.39 is 5.82 Å². The maximum atomic E-state index is 14.4. The predicted octanol–water partition coefficient (Wildman–Crippen LogP) is 4.91. The van der Waals surface area contributed by atoms with E-state index in [4.69, 9.17) is 23.2 Å². The number of benzene rings is 2. The first kappa shape index (κ1) is 15.4. The molecule has 1 N–H and O–H groups in total. The van der Waals surface area contributed by atoms with Crippen molar-refractivity contribution in [3.63, 3.8) is 0 Å². The van der Waals surface area contributed by atoms with Crippen LogP contribution in [-0.2, 0) is 0 Å². The first-order valence-electron chi connectivity index (χ1n) is 7.49. The molecule has 0 amide bonds. The van der Waals surface area contributed by atoms with Gasteiger partial charge in [0.15, 0.2) is 5.82 Å². The summed E-state index contributed by atoms with van der Waals surface area (Å²) in [6.07, 6.45) is 0. The first-order chi connectivity index (χ1) is 11.5. The van der Waals surface area contributed by atoms with Crippen molar-refractivity contribution in [3.8, 4) is 17.1 Å². The van der Waals surface area contributed by atoms with Crippen LogP contribution in [-0.4, -0.2) is 21.3 Å². The van der Waals surface area contributed by atoms with Gasteiger partial charge in [-0.3, -0.25) is 4.57 Å². The Balaban J connectivity index is 2.02. The Labute approximate surface area is 148 Å². The second-order valence-corrected chi connectivity index (χ2v) is 6.66. The molecule has 4 rings (SSSR count). The average molecular weight is 363 g/mol. The van der Waals surface area contributed by atoms with Crippen molar-refractivity contribution in [2.45, 2.75) is 12.8 Å². The van der Waals surface area contributed by atoms with Crippen molar-refractivity contribution in [2.24, 2.45) is 0 Å². The Kier molecular flexibility index (Phi) is 3.70. The smallest absolute Gasteiger partial charge is 0.171 e. The molecule has 3 aromatic rings. The van der Waals surface area contributed by atoms with E-state index in [1.54, 1.807) is 12.1 Å². The summed E-state index contributed by atoms with van der Waals surface area (Å²) in [6, 6.07) is 9.92. The number of fused-ring (bicyclic) bond motifs is 3. The van der Waals surface area contributed by atoms with Crippen molar-refractivity contribution >= 4 is 28.9 Å². The summed E-state index contributed by atoms with van der Waals surface area (Å²) in [7, 11) is 0. The number of aromatic nitrogens is 3. The van der Waals surface area contributed by atoms with E-state index in [2.05, 4.69) is 15.5 Å². The van der Waals surface area contributed by atoms with Gasteiger partial charge in [0.05, 0.1) is 16.9 Å². The van der Waals surface area contributed by atoms with Crippen molar-refractivity contribution in [1.82, 2.24) is 14.8 Å². The second-order valence-electron chi connectivity index (χ2n) is 5.78. The van der Waals surface area contributed by atoms with Crippen molar-refractivity contribution in [2.75, 3.05) is 11.9 Å². The first-order valence-corrected chi connectivity index (χ1v) is 8.24. The third-order valence-corrected chi connectivity index (χ3v) is 4.57. The highest BCUT2D eigenvalue weighted by molar-refractivity contribution is 6.31. The summed E-state index contributed by atoms with van der Waals surface area (Å²) < 4.78 is 16.2. The van der Waals surface area contributed by atoms with E-state index in [-0.39, 0.29) is 5.92 Å². The molecule has 24 heavy (non-hydrogen) atoms. The third kappa shape index (κ3) is 2.44. The van der Waals surface area contributed by atoms with Gasteiger partial charge in [-0.05, 0) is 36.4 Å². The lowest BCUT2D eigenvalue weighted by molar-refractivity contribution is 0.629. The molecule has 1 atom stereocenters. The topological polar surface area (TPSA) is 42.7 Å². The summed E-state index contributed by atoms with van der Waals surface area (Å²) in [4.78, 5) is 0. The van der Waals surface area contributed by atoms with Gasteiger partial charge >= 0.3 is 0 Å². The van der Waals surface area contributed by atoms with Gasteiger partial charge in [0.2, 0.25) is 0 Å². The van der Waals surface area contributed by atoms with Gasteiger partial charge in [0.1, 0.15) is 11.6 Å². The Morgan fingerprint density at radius 2 is 1.88 bits per heavy atom. The Morgan fingerprint density at radius 3 is 2.71 bits per heavy atom. The molecule has 1 aliphatic rings. The molecule has 1 aromatic heterocycles. The molecule has 1 unspecified atom stereocenters. The summed E-state index contributed by atoms with van der Waals surface area (Å²) in [5, 5.41) is 13.0. The Hall–Kier alpha value is -2.11. The van der Waals surface area contributed by atoms with Gasteiger partial charge in [-0.15, -0.1) is 10.2 Å². The van der Waals surface area contributed by atoms with Crippen LogP contribution in [0.3, 0.4) is 0 Å². The molecule has 0 saturated heterocycles. The normalized spacial score (nSPS) is 16.1. The van der Waals surface area contributed by atoms with Crippen LogP contribution in [0.15, 0.2) is 36.4 Å². The zero-order chi connectivity index (χ0) is 16.8. The summed E-state index contributed by atoms with van der Waals surface area (Å²) in [5.74, 6) is 0.886. The van der Waals surface area contributed by atoms with Crippen molar-refractivity contribution < 1.29 is 4.39 Å². The number of nitrogens with zero attached hydrogens (tertiary/aromatic N) is 3. The minimum absolute atomic E-state index is 0.0969. The van der Waals surface area contributed by atoms with Gasteiger partial charge in [0, 0.05) is 22.5 Å². The molecule has 122 valence electrons. The van der Waals surface area contributed by atoms with E-state index in [0.29, 0.717) is 28.0 Å². The van der Waals surface area contributed by atoms with Crippen LogP contribution in [0, 0.1) is 5.82 Å². The highest BCUT2D eigenvalue weighted by Crippen LogP contribution is 2.35. The highest BCUT2D eigenvalue weighted by atomic mass is 35.5. The number of halogens is 3. The number of rotatable bonds is 1. The van der Waals surface area contributed by atoms with Crippen molar-refractivity contribution in [1.29, 1.82) is 0 Å². The molecule has 0 saturated carbocycles. The summed E-state index contributed by atoms with van der Waals surface area (Å²) >= 11 is 12.2. The lowest BCUT2D eigenvalue weighted by atomic mass is 10.1. The highest BCUT2D eigenvalue weighted by Gasteiger charge is 2.26. The minimum Gasteiger partial charge on any atom is -0.383 e. The fourth-order valence-electron chi connectivity index (χ4n) is 2.90. The molecule has 0 spiro atoms. The SMILES string of the molecule is CC1CNc2cc(Cl)ccc2-n2c(-c3cc(Cl)ccc3F)nnc21. The molecule has 2 aromatic carbocycles. The van der Waals surface area contributed by atoms with E-state index in [1.807, 2.05) is 23.6 Å². The van der Waals surface area contributed by atoms with E-state index in [0.717, 1.165) is 17.2 Å². The van der Waals surface area contributed by atoms with Gasteiger partial charge in [-0.1, -0.05) is 30.1 Å². The minimum atomic E-state index is -0.394. The van der Waals surface area contributed by atoms with Crippen LogP contribution in [0.4, 0.5) is 10.1 Å². The van der Waals surface area contributed by atoms with Crippen LogP contribution in [0.1, 0.15) is 18.7 Å². The van der Waals surface area contributed by atoms with Gasteiger partial charge in [-0.25, -0.2) is 4.39 Å². The van der Waals surface area contributed by atoms with E-state index in [9.17, 15) is 4.39 Å². The second kappa shape index (κ2) is 5.76. The zero-order valence-electron chi connectivity index (χ0n) is 12.7. The quantitative estimate of drug-likeness (QED) is 0.668. The summed E-state index contributed by atoms with van der Waals surface area (Å²) in [6.45, 7) is 2.72. The maximum absolute atomic E-state index is 14.4. The fraction of sp³-hybridized carbons (Fsp3) is 0.176. The molecule has 0 bridgehead atoms. The molecule has 1 aliphatic heterocycles. The standard InChI is InChI=1S/C17H13Cl2FN4/c1-9-8-21-14-7-11(19)3-5-15(14)24-16(9)22-23-17(24)12-6-10(18)2-4-13(12)20/h2-7,9,21H,8H2,1H3. The van der Waals surface area contributed by atoms with Gasteiger partial charge in [-0.2, -0.15) is 0 Å². The van der Waals surface area contributed by atoms with Crippen LogP contribution >= 0.6 is 23.2 Å². The number of anilines is 1. The third-order valence-electron chi connectivity index (χ3n) is 4.10. The van der Waals surface area contributed by atoms with Crippen LogP contribution in [0.2, 0.25) is 10.0 Å². The van der Waals surface area contributed by atoms with Crippen molar-refractivity contribution in [3.05, 3.63) is 58.1 Å². The fourth-order valence-corrected chi connectivity index (χ4v) is 3.24. The number of hydrogen-bond donors (Lipinski definition) is 1. The van der Waals surface area contributed by atoms with Crippen LogP contribution < -0.4 is 5.32 Å². The number of hydrogen-bond acceptors (Lipinski definition) is 3. The van der Waals surface area contributed by atoms with Crippen LogP contribution in [0.25, 0.3) is 17.1 Å². The molecule has 0 aliphatic carbocycles. The number of nitrogens with one attached hydrogen (secondary N) is 1. The summed E-state index contributed by atoms with van der Waals surface area (Å²) in [5.41, 5.74) is 2.01. The molecule has 4 nitrogen and oxygen atoms in total. The van der Waals surface area contributed by atoms with Crippen LogP contribution in [0.5, 0.6) is 0 Å². The van der Waals surface area contributed by atoms with E-state index >= 15 is 0 Å². The predicted molar refractivity (Wildman–Crippen MR) is 93.7 cm³/mol. The zero-order valence-corrected chi connectivity index (χ0v) is 14.2.